The number of hydrogen-bond donors (Lipinski definition) is 0. The Labute approximate surface area is 131 Å². The van der Waals surface area contributed by atoms with Crippen LogP contribution in [0.1, 0.15) is 45.4 Å². The van der Waals surface area contributed by atoms with Crippen molar-refractivity contribution in [2.75, 3.05) is 18.0 Å². The highest BCUT2D eigenvalue weighted by atomic mass is 16.5. The first-order valence-corrected chi connectivity index (χ1v) is 8.12. The van der Waals surface area contributed by atoms with Crippen molar-refractivity contribution in [1.82, 2.24) is 15.1 Å². The standard InChI is InChI=1S/C17H24N4O/c1-4-8-17(3)9-6-11-21(12-17)15-14(7-5-10-18-15)16-19-13(2)20-22-16/h5,7,10H,4,6,8-9,11-12H2,1-3H3. The van der Waals surface area contributed by atoms with Gasteiger partial charge < -0.3 is 9.42 Å². The Morgan fingerprint density at radius 3 is 3.00 bits per heavy atom. The number of hydrogen-bond acceptors (Lipinski definition) is 5. The SMILES string of the molecule is CCCC1(C)CCCN(c2ncccc2-c2nc(C)no2)C1. The zero-order valence-electron chi connectivity index (χ0n) is 13.7. The summed E-state index contributed by atoms with van der Waals surface area (Å²) in [5.41, 5.74) is 1.30. The summed E-state index contributed by atoms with van der Waals surface area (Å²) >= 11 is 0. The first-order chi connectivity index (χ1) is 10.6. The highest BCUT2D eigenvalue weighted by Crippen LogP contribution is 2.37. The predicted molar refractivity (Wildman–Crippen MR) is 86.7 cm³/mol. The molecule has 0 aromatic carbocycles. The van der Waals surface area contributed by atoms with Crippen LogP contribution in [0, 0.1) is 12.3 Å². The largest absolute Gasteiger partial charge is 0.355 e. The van der Waals surface area contributed by atoms with E-state index in [2.05, 4.69) is 33.9 Å². The molecule has 3 rings (SSSR count). The Kier molecular flexibility index (Phi) is 4.14. The van der Waals surface area contributed by atoms with E-state index in [0.717, 1.165) is 24.5 Å². The van der Waals surface area contributed by atoms with Gasteiger partial charge in [0.05, 0.1) is 5.56 Å². The van der Waals surface area contributed by atoms with Crippen LogP contribution < -0.4 is 4.90 Å². The van der Waals surface area contributed by atoms with Gasteiger partial charge in [0.1, 0.15) is 5.82 Å². The molecular weight excluding hydrogens is 276 g/mol. The van der Waals surface area contributed by atoms with Crippen molar-refractivity contribution in [2.45, 2.75) is 46.5 Å². The lowest BCUT2D eigenvalue weighted by atomic mass is 9.78. The van der Waals surface area contributed by atoms with Crippen LogP contribution in [0.25, 0.3) is 11.5 Å². The van der Waals surface area contributed by atoms with E-state index in [1.165, 1.54) is 25.7 Å². The Hall–Kier alpha value is -1.91. The molecule has 1 aliphatic rings. The van der Waals surface area contributed by atoms with Gasteiger partial charge in [0.15, 0.2) is 5.82 Å². The Morgan fingerprint density at radius 2 is 2.27 bits per heavy atom. The molecule has 1 saturated heterocycles. The first kappa shape index (κ1) is 15.0. The molecule has 1 atom stereocenters. The molecule has 5 nitrogen and oxygen atoms in total. The topological polar surface area (TPSA) is 55.1 Å². The maximum atomic E-state index is 5.35. The maximum Gasteiger partial charge on any atom is 0.261 e. The van der Waals surface area contributed by atoms with Gasteiger partial charge in [-0.2, -0.15) is 4.98 Å². The molecule has 22 heavy (non-hydrogen) atoms. The average Bonchev–Trinajstić information content (AvgIpc) is 2.94. The molecule has 1 fully saturated rings. The highest BCUT2D eigenvalue weighted by Gasteiger charge is 2.32. The van der Waals surface area contributed by atoms with Gasteiger partial charge in [-0.15, -0.1) is 0 Å². The van der Waals surface area contributed by atoms with Crippen molar-refractivity contribution in [3.8, 4) is 11.5 Å². The average molecular weight is 300 g/mol. The Bertz CT molecular complexity index is 635. The number of aromatic nitrogens is 3. The maximum absolute atomic E-state index is 5.35. The summed E-state index contributed by atoms with van der Waals surface area (Å²) < 4.78 is 5.35. The van der Waals surface area contributed by atoms with Crippen molar-refractivity contribution in [1.29, 1.82) is 0 Å². The summed E-state index contributed by atoms with van der Waals surface area (Å²) in [6, 6.07) is 3.94. The monoisotopic (exact) mass is 300 g/mol. The van der Waals surface area contributed by atoms with E-state index in [1.54, 1.807) is 0 Å². The van der Waals surface area contributed by atoms with Crippen molar-refractivity contribution in [3.63, 3.8) is 0 Å². The molecule has 1 aliphatic heterocycles. The van der Waals surface area contributed by atoms with Gasteiger partial charge in [0.25, 0.3) is 5.89 Å². The van der Waals surface area contributed by atoms with Crippen LogP contribution >= 0.6 is 0 Å². The Balaban J connectivity index is 1.92. The lowest BCUT2D eigenvalue weighted by molar-refractivity contribution is 0.238. The summed E-state index contributed by atoms with van der Waals surface area (Å²) in [5.74, 6) is 2.18. The van der Waals surface area contributed by atoms with Crippen LogP contribution in [0.5, 0.6) is 0 Å². The van der Waals surface area contributed by atoms with Gasteiger partial charge in [0.2, 0.25) is 0 Å². The van der Waals surface area contributed by atoms with Crippen molar-refractivity contribution >= 4 is 5.82 Å². The zero-order chi connectivity index (χ0) is 15.6. The quantitative estimate of drug-likeness (QED) is 0.858. The summed E-state index contributed by atoms with van der Waals surface area (Å²) in [6.45, 7) is 8.57. The van der Waals surface area contributed by atoms with E-state index in [1.807, 2.05) is 25.3 Å². The number of piperidine rings is 1. The third-order valence-corrected chi connectivity index (χ3v) is 4.48. The minimum atomic E-state index is 0.368. The van der Waals surface area contributed by atoms with E-state index in [4.69, 9.17) is 4.52 Å². The van der Waals surface area contributed by atoms with Crippen LogP contribution in [0.4, 0.5) is 5.82 Å². The zero-order valence-corrected chi connectivity index (χ0v) is 13.7. The van der Waals surface area contributed by atoms with Crippen LogP contribution in [0.2, 0.25) is 0 Å². The van der Waals surface area contributed by atoms with Gasteiger partial charge >= 0.3 is 0 Å². The molecule has 5 heteroatoms. The smallest absolute Gasteiger partial charge is 0.261 e. The minimum Gasteiger partial charge on any atom is -0.355 e. The molecule has 0 N–H and O–H groups in total. The third kappa shape index (κ3) is 2.98. The second-order valence-corrected chi connectivity index (χ2v) is 6.61. The number of anilines is 1. The van der Waals surface area contributed by atoms with Gasteiger partial charge in [-0.05, 0) is 43.7 Å². The molecule has 118 valence electrons. The second-order valence-electron chi connectivity index (χ2n) is 6.61. The van der Waals surface area contributed by atoms with E-state index in [0.29, 0.717) is 17.1 Å². The van der Waals surface area contributed by atoms with Crippen molar-refractivity contribution in [3.05, 3.63) is 24.2 Å². The summed E-state index contributed by atoms with van der Waals surface area (Å²) in [6.07, 6.45) is 6.82. The molecule has 0 radical (unpaired) electrons. The van der Waals surface area contributed by atoms with E-state index < -0.39 is 0 Å². The van der Waals surface area contributed by atoms with Gasteiger partial charge in [0, 0.05) is 19.3 Å². The Morgan fingerprint density at radius 1 is 1.41 bits per heavy atom. The van der Waals surface area contributed by atoms with Crippen molar-refractivity contribution in [2.24, 2.45) is 5.41 Å². The third-order valence-electron chi connectivity index (χ3n) is 4.48. The van der Waals surface area contributed by atoms with Crippen molar-refractivity contribution < 1.29 is 4.52 Å². The number of rotatable bonds is 4. The fraction of sp³-hybridized carbons (Fsp3) is 0.588. The number of pyridine rings is 1. The molecular formula is C17H24N4O. The van der Waals surface area contributed by atoms with Gasteiger partial charge in [-0.1, -0.05) is 25.4 Å². The second kappa shape index (κ2) is 6.07. The number of nitrogens with zero attached hydrogens (tertiary/aromatic N) is 4. The summed E-state index contributed by atoms with van der Waals surface area (Å²) in [7, 11) is 0. The molecule has 0 amide bonds. The molecule has 1 unspecified atom stereocenters. The molecule has 3 heterocycles. The molecule has 0 bridgehead atoms. The highest BCUT2D eigenvalue weighted by molar-refractivity contribution is 5.69. The van der Waals surface area contributed by atoms with Crippen LogP contribution in [-0.2, 0) is 0 Å². The molecule has 0 aliphatic carbocycles. The molecule has 0 spiro atoms. The molecule has 2 aromatic heterocycles. The summed E-state index contributed by atoms with van der Waals surface area (Å²) in [4.78, 5) is 11.4. The van der Waals surface area contributed by atoms with Crippen LogP contribution in [-0.4, -0.2) is 28.2 Å². The van der Waals surface area contributed by atoms with Crippen LogP contribution in [0.15, 0.2) is 22.9 Å². The van der Waals surface area contributed by atoms with E-state index in [9.17, 15) is 0 Å². The van der Waals surface area contributed by atoms with Crippen LogP contribution in [0.3, 0.4) is 0 Å². The lowest BCUT2D eigenvalue weighted by Gasteiger charge is -2.41. The number of aryl methyl sites for hydroxylation is 1. The predicted octanol–water partition coefficient (Wildman–Crippen LogP) is 3.85. The van der Waals surface area contributed by atoms with Gasteiger partial charge in [-0.3, -0.25) is 0 Å². The van der Waals surface area contributed by atoms with E-state index in [-0.39, 0.29) is 0 Å². The lowest BCUT2D eigenvalue weighted by Crippen LogP contribution is -2.42. The fourth-order valence-electron chi connectivity index (χ4n) is 3.53. The van der Waals surface area contributed by atoms with E-state index >= 15 is 0 Å². The first-order valence-electron chi connectivity index (χ1n) is 8.12. The van der Waals surface area contributed by atoms with Gasteiger partial charge in [-0.25, -0.2) is 4.98 Å². The normalized spacial score (nSPS) is 22.0. The molecule has 2 aromatic rings. The minimum absolute atomic E-state index is 0.368. The molecule has 0 saturated carbocycles. The fourth-order valence-corrected chi connectivity index (χ4v) is 3.53. The summed E-state index contributed by atoms with van der Waals surface area (Å²) in [5, 5.41) is 3.90.